The number of hydrogen-bond donors (Lipinski definition) is 2. The Bertz CT molecular complexity index is 662. The minimum absolute atomic E-state index is 0.121. The molecule has 1 aromatic carbocycles. The molecule has 0 radical (unpaired) electrons. The Morgan fingerprint density at radius 1 is 1.40 bits per heavy atom. The number of aryl methyl sites for hydroxylation is 1. The van der Waals surface area contributed by atoms with Gasteiger partial charge in [-0.05, 0) is 31.0 Å². The van der Waals surface area contributed by atoms with Crippen LogP contribution in [0.2, 0.25) is 5.02 Å². The second kappa shape index (κ2) is 6.39. The van der Waals surface area contributed by atoms with Crippen LogP contribution >= 0.6 is 11.6 Å². The van der Waals surface area contributed by atoms with E-state index in [-0.39, 0.29) is 18.3 Å². The highest BCUT2D eigenvalue weighted by Gasteiger charge is 2.12. The third-order valence-corrected chi connectivity index (χ3v) is 3.95. The molecule has 0 aliphatic heterocycles. The minimum Gasteiger partial charge on any atom is -0.423 e. The average Bonchev–Trinajstić information content (AvgIpc) is 2.42. The van der Waals surface area contributed by atoms with Gasteiger partial charge < -0.3 is 14.8 Å². The van der Waals surface area contributed by atoms with Crippen LogP contribution in [0.4, 0.5) is 0 Å². The van der Waals surface area contributed by atoms with Crippen molar-refractivity contribution in [2.75, 3.05) is 6.61 Å². The van der Waals surface area contributed by atoms with Gasteiger partial charge in [-0.1, -0.05) is 18.5 Å². The summed E-state index contributed by atoms with van der Waals surface area (Å²) in [5.74, 6) is 0. The first-order valence-electron chi connectivity index (χ1n) is 6.72. The molecule has 0 aliphatic carbocycles. The Morgan fingerprint density at radius 2 is 2.15 bits per heavy atom. The molecule has 108 valence electrons. The molecule has 20 heavy (non-hydrogen) atoms. The zero-order chi connectivity index (χ0) is 14.7. The fraction of sp³-hybridized carbons (Fsp3) is 0.400. The number of rotatable bonds is 5. The summed E-state index contributed by atoms with van der Waals surface area (Å²) < 4.78 is 5.22. The van der Waals surface area contributed by atoms with Gasteiger partial charge >= 0.3 is 5.63 Å². The van der Waals surface area contributed by atoms with Gasteiger partial charge in [0.25, 0.3) is 0 Å². The molecule has 2 aromatic rings. The van der Waals surface area contributed by atoms with E-state index in [2.05, 4.69) is 0 Å². The molecule has 2 rings (SSSR count). The first-order chi connectivity index (χ1) is 9.55. The molecule has 5 heteroatoms. The summed E-state index contributed by atoms with van der Waals surface area (Å²) in [6.07, 6.45) is 0.871. The molecule has 3 N–H and O–H groups in total. The molecule has 4 nitrogen and oxygen atoms in total. The molecular weight excluding hydrogens is 278 g/mol. The highest BCUT2D eigenvalue weighted by Crippen LogP contribution is 2.24. The first-order valence-corrected chi connectivity index (χ1v) is 7.10. The third-order valence-electron chi connectivity index (χ3n) is 3.54. The van der Waals surface area contributed by atoms with Crippen LogP contribution in [0.15, 0.2) is 27.4 Å². The van der Waals surface area contributed by atoms with Crippen LogP contribution in [-0.2, 0) is 6.54 Å². The smallest absolute Gasteiger partial charge is 0.336 e. The maximum Gasteiger partial charge on any atom is 0.336 e. The molecular formula is C15H19ClNO3+. The Morgan fingerprint density at radius 3 is 2.80 bits per heavy atom. The normalized spacial score (nSPS) is 12.8. The molecule has 0 aliphatic rings. The number of halogens is 1. The molecule has 0 saturated heterocycles. The van der Waals surface area contributed by atoms with E-state index in [4.69, 9.17) is 16.0 Å². The van der Waals surface area contributed by atoms with Gasteiger partial charge in [0.2, 0.25) is 0 Å². The summed E-state index contributed by atoms with van der Waals surface area (Å²) in [5, 5.41) is 12.8. The highest BCUT2D eigenvalue weighted by molar-refractivity contribution is 6.32. The lowest BCUT2D eigenvalue weighted by atomic mass is 10.1. The number of aliphatic hydroxyl groups excluding tert-OH is 1. The van der Waals surface area contributed by atoms with Crippen LogP contribution in [-0.4, -0.2) is 17.8 Å². The minimum atomic E-state index is -0.361. The van der Waals surface area contributed by atoms with Crippen molar-refractivity contribution in [1.29, 1.82) is 0 Å². The van der Waals surface area contributed by atoms with E-state index in [1.165, 1.54) is 6.07 Å². The summed E-state index contributed by atoms with van der Waals surface area (Å²) in [4.78, 5) is 11.6. The van der Waals surface area contributed by atoms with Crippen LogP contribution in [0.25, 0.3) is 11.0 Å². The molecule has 0 amide bonds. The molecule has 0 saturated carbocycles. The second-order valence-electron chi connectivity index (χ2n) is 4.98. The van der Waals surface area contributed by atoms with Gasteiger partial charge in [-0.3, -0.25) is 0 Å². The van der Waals surface area contributed by atoms with Crippen molar-refractivity contribution in [1.82, 2.24) is 0 Å². The number of fused-ring (bicyclic) bond motifs is 1. The van der Waals surface area contributed by atoms with Crippen molar-refractivity contribution < 1.29 is 14.8 Å². The molecule has 1 heterocycles. The molecule has 0 bridgehead atoms. The van der Waals surface area contributed by atoms with Crippen molar-refractivity contribution in [3.8, 4) is 0 Å². The first kappa shape index (κ1) is 15.0. The molecule has 0 unspecified atom stereocenters. The summed E-state index contributed by atoms with van der Waals surface area (Å²) in [6, 6.07) is 5.25. The van der Waals surface area contributed by atoms with Crippen LogP contribution in [0.3, 0.4) is 0 Å². The van der Waals surface area contributed by atoms with E-state index in [1.54, 1.807) is 6.07 Å². The summed E-state index contributed by atoms with van der Waals surface area (Å²) in [7, 11) is 0. The van der Waals surface area contributed by atoms with Gasteiger partial charge in [-0.15, -0.1) is 0 Å². The number of aliphatic hydroxyl groups is 1. The van der Waals surface area contributed by atoms with Crippen LogP contribution < -0.4 is 10.9 Å². The average molecular weight is 297 g/mol. The number of hydrogen-bond acceptors (Lipinski definition) is 3. The van der Waals surface area contributed by atoms with Gasteiger partial charge in [-0.2, -0.15) is 0 Å². The van der Waals surface area contributed by atoms with Crippen LogP contribution in [0.5, 0.6) is 0 Å². The van der Waals surface area contributed by atoms with Gasteiger partial charge in [0.05, 0.1) is 6.61 Å². The number of nitrogens with two attached hydrogens (primary N) is 1. The van der Waals surface area contributed by atoms with Crippen LogP contribution in [0.1, 0.15) is 24.5 Å². The molecule has 1 aromatic heterocycles. The van der Waals surface area contributed by atoms with Crippen molar-refractivity contribution in [3.05, 3.63) is 44.8 Å². The maximum absolute atomic E-state index is 11.6. The predicted octanol–water partition coefficient (Wildman–Crippen LogP) is 1.59. The molecule has 0 spiro atoms. The Balaban J connectivity index is 2.41. The summed E-state index contributed by atoms with van der Waals surface area (Å²) >= 11 is 6.15. The zero-order valence-corrected chi connectivity index (χ0v) is 12.4. The lowest BCUT2D eigenvalue weighted by molar-refractivity contribution is -0.706. The van der Waals surface area contributed by atoms with Gasteiger partial charge in [0.1, 0.15) is 18.2 Å². The van der Waals surface area contributed by atoms with E-state index in [1.807, 2.05) is 25.2 Å². The van der Waals surface area contributed by atoms with Crippen molar-refractivity contribution in [2.45, 2.75) is 32.9 Å². The monoisotopic (exact) mass is 296 g/mol. The zero-order valence-electron chi connectivity index (χ0n) is 11.6. The SMILES string of the molecule is CC[C@@H](CO)[NH2+]Cc1cc(=O)oc2cc(C)c(Cl)cc12. The Labute approximate surface area is 122 Å². The standard InChI is InChI=1S/C15H18ClNO3/c1-3-11(8-18)17-7-10-5-15(19)20-14-4-9(2)13(16)6-12(10)14/h4-6,11,17-18H,3,7-8H2,1-2H3/p+1/t11-/m0/s1. The van der Waals surface area contributed by atoms with Crippen molar-refractivity contribution in [3.63, 3.8) is 0 Å². The lowest BCUT2D eigenvalue weighted by Crippen LogP contribution is -2.89. The van der Waals surface area contributed by atoms with Gasteiger partial charge in [-0.25, -0.2) is 4.79 Å². The number of benzene rings is 1. The quantitative estimate of drug-likeness (QED) is 0.824. The van der Waals surface area contributed by atoms with Gasteiger partial charge in [0.15, 0.2) is 0 Å². The predicted molar refractivity (Wildman–Crippen MR) is 79.0 cm³/mol. The lowest BCUT2D eigenvalue weighted by Gasteiger charge is -2.12. The van der Waals surface area contributed by atoms with E-state index in [9.17, 15) is 9.90 Å². The number of quaternary nitrogens is 1. The van der Waals surface area contributed by atoms with Crippen molar-refractivity contribution >= 4 is 22.6 Å². The van der Waals surface area contributed by atoms with Gasteiger partial charge in [0, 0.05) is 22.0 Å². The maximum atomic E-state index is 11.6. The Hall–Kier alpha value is -1.36. The van der Waals surface area contributed by atoms with E-state index in [0.717, 1.165) is 22.9 Å². The highest BCUT2D eigenvalue weighted by atomic mass is 35.5. The van der Waals surface area contributed by atoms with Crippen LogP contribution in [0, 0.1) is 6.92 Å². The van der Waals surface area contributed by atoms with E-state index in [0.29, 0.717) is 17.2 Å². The topological polar surface area (TPSA) is 67.1 Å². The second-order valence-corrected chi connectivity index (χ2v) is 5.39. The fourth-order valence-corrected chi connectivity index (χ4v) is 2.34. The Kier molecular flexibility index (Phi) is 4.81. The third kappa shape index (κ3) is 3.20. The van der Waals surface area contributed by atoms with E-state index < -0.39 is 0 Å². The van der Waals surface area contributed by atoms with E-state index >= 15 is 0 Å². The summed E-state index contributed by atoms with van der Waals surface area (Å²) in [5.41, 5.74) is 1.95. The summed E-state index contributed by atoms with van der Waals surface area (Å²) in [6.45, 7) is 4.63. The largest absolute Gasteiger partial charge is 0.423 e. The molecule has 0 fully saturated rings. The van der Waals surface area contributed by atoms with Crippen molar-refractivity contribution in [2.24, 2.45) is 0 Å². The fourth-order valence-electron chi connectivity index (χ4n) is 2.18. The molecule has 1 atom stereocenters.